The highest BCUT2D eigenvalue weighted by molar-refractivity contribution is 5.29. The third kappa shape index (κ3) is 1.96. The van der Waals surface area contributed by atoms with Gasteiger partial charge in [-0.15, -0.1) is 0 Å². The fourth-order valence-corrected chi connectivity index (χ4v) is 1.24. The Bertz CT molecular complexity index is 206. The topological polar surface area (TPSA) is 40.5 Å². The molecule has 2 heteroatoms. The second-order valence-corrected chi connectivity index (χ2v) is 3.30. The summed E-state index contributed by atoms with van der Waals surface area (Å²) in [6.07, 6.45) is 5.38. The molecule has 2 N–H and O–H groups in total. The molecule has 0 fully saturated rings. The largest absolute Gasteiger partial charge is 0.388 e. The first kappa shape index (κ1) is 9.49. The lowest BCUT2D eigenvalue weighted by Crippen LogP contribution is -2.20. The first-order chi connectivity index (χ1) is 5.65. The van der Waals surface area contributed by atoms with Crippen LogP contribution < -0.4 is 0 Å². The van der Waals surface area contributed by atoms with Crippen LogP contribution in [0.1, 0.15) is 20.3 Å². The van der Waals surface area contributed by atoms with E-state index >= 15 is 0 Å². The van der Waals surface area contributed by atoms with Crippen molar-refractivity contribution in [2.24, 2.45) is 5.92 Å². The number of aliphatic hydroxyl groups is 2. The molecule has 0 radical (unpaired) electrons. The van der Waals surface area contributed by atoms with Crippen LogP contribution in [0.4, 0.5) is 0 Å². The standard InChI is InChI=1S/C10H16O2/c1-3-9(11)8-5-4-7(2)10(12)6-8/h4-7,9-12H,3H2,1-2H3/t7?,9-,10?/m0/s1. The smallest absolute Gasteiger partial charge is 0.0787 e. The minimum atomic E-state index is -0.439. The summed E-state index contributed by atoms with van der Waals surface area (Å²) < 4.78 is 0. The molecule has 1 aliphatic rings. The molecule has 0 amide bonds. The average Bonchev–Trinajstić information content (AvgIpc) is 2.08. The molecule has 3 atom stereocenters. The van der Waals surface area contributed by atoms with Gasteiger partial charge in [0, 0.05) is 5.92 Å². The molecule has 0 aromatic carbocycles. The van der Waals surface area contributed by atoms with Crippen LogP contribution in [0.15, 0.2) is 23.8 Å². The lowest BCUT2D eigenvalue weighted by atomic mass is 9.92. The summed E-state index contributed by atoms with van der Waals surface area (Å²) in [6.45, 7) is 3.87. The molecule has 0 spiro atoms. The van der Waals surface area contributed by atoms with Gasteiger partial charge in [0.1, 0.15) is 0 Å². The summed E-state index contributed by atoms with van der Waals surface area (Å²) >= 11 is 0. The predicted molar refractivity (Wildman–Crippen MR) is 48.7 cm³/mol. The van der Waals surface area contributed by atoms with E-state index < -0.39 is 12.2 Å². The molecule has 2 unspecified atom stereocenters. The first-order valence-electron chi connectivity index (χ1n) is 4.41. The van der Waals surface area contributed by atoms with Crippen LogP contribution >= 0.6 is 0 Å². The molecule has 2 nitrogen and oxygen atoms in total. The maximum Gasteiger partial charge on any atom is 0.0787 e. The minimum Gasteiger partial charge on any atom is -0.388 e. The molecule has 1 aliphatic carbocycles. The summed E-state index contributed by atoms with van der Waals surface area (Å²) in [5.41, 5.74) is 0.836. The van der Waals surface area contributed by atoms with Gasteiger partial charge in [-0.2, -0.15) is 0 Å². The molecule has 0 saturated heterocycles. The van der Waals surface area contributed by atoms with Crippen molar-refractivity contribution in [1.82, 2.24) is 0 Å². The fraction of sp³-hybridized carbons (Fsp3) is 0.600. The predicted octanol–water partition coefficient (Wildman–Crippen LogP) is 1.25. The van der Waals surface area contributed by atoms with E-state index in [2.05, 4.69) is 0 Å². The second-order valence-electron chi connectivity index (χ2n) is 3.30. The Labute approximate surface area is 73.2 Å². The normalized spacial score (nSPS) is 31.5. The second kappa shape index (κ2) is 3.87. The fourth-order valence-electron chi connectivity index (χ4n) is 1.24. The first-order valence-corrected chi connectivity index (χ1v) is 4.41. The maximum absolute atomic E-state index is 9.46. The van der Waals surface area contributed by atoms with Crippen molar-refractivity contribution in [2.75, 3.05) is 0 Å². The third-order valence-electron chi connectivity index (χ3n) is 2.27. The Morgan fingerprint density at radius 1 is 1.58 bits per heavy atom. The van der Waals surface area contributed by atoms with Crippen molar-refractivity contribution in [3.8, 4) is 0 Å². The maximum atomic E-state index is 9.46. The van der Waals surface area contributed by atoms with E-state index in [0.717, 1.165) is 5.57 Å². The lowest BCUT2D eigenvalue weighted by molar-refractivity contribution is 0.171. The quantitative estimate of drug-likeness (QED) is 0.651. The van der Waals surface area contributed by atoms with Crippen molar-refractivity contribution in [3.05, 3.63) is 23.8 Å². The molecular weight excluding hydrogens is 152 g/mol. The Kier molecular flexibility index (Phi) is 3.06. The molecule has 0 heterocycles. The van der Waals surface area contributed by atoms with Crippen molar-refractivity contribution in [1.29, 1.82) is 0 Å². The summed E-state index contributed by atoms with van der Waals surface area (Å²) in [4.78, 5) is 0. The van der Waals surface area contributed by atoms with Gasteiger partial charge in [0.2, 0.25) is 0 Å². The van der Waals surface area contributed by atoms with Crippen LogP contribution in [-0.4, -0.2) is 22.4 Å². The van der Waals surface area contributed by atoms with Gasteiger partial charge in [-0.05, 0) is 18.1 Å². The van der Waals surface area contributed by atoms with Gasteiger partial charge in [0.15, 0.2) is 0 Å². The van der Waals surface area contributed by atoms with E-state index in [-0.39, 0.29) is 5.92 Å². The zero-order valence-corrected chi connectivity index (χ0v) is 7.57. The van der Waals surface area contributed by atoms with Crippen molar-refractivity contribution < 1.29 is 10.2 Å². The number of hydrogen-bond donors (Lipinski definition) is 2. The van der Waals surface area contributed by atoms with Gasteiger partial charge >= 0.3 is 0 Å². The van der Waals surface area contributed by atoms with Crippen LogP contribution in [0, 0.1) is 5.92 Å². The van der Waals surface area contributed by atoms with Gasteiger partial charge < -0.3 is 10.2 Å². The van der Waals surface area contributed by atoms with Gasteiger partial charge in [0.25, 0.3) is 0 Å². The summed E-state index contributed by atoms with van der Waals surface area (Å²) in [6, 6.07) is 0. The number of aliphatic hydroxyl groups excluding tert-OH is 2. The highest BCUT2D eigenvalue weighted by atomic mass is 16.3. The molecule has 68 valence electrons. The van der Waals surface area contributed by atoms with E-state index in [4.69, 9.17) is 0 Å². The highest BCUT2D eigenvalue weighted by Crippen LogP contribution is 2.19. The van der Waals surface area contributed by atoms with Gasteiger partial charge in [0.05, 0.1) is 12.2 Å². The van der Waals surface area contributed by atoms with Crippen molar-refractivity contribution in [3.63, 3.8) is 0 Å². The van der Waals surface area contributed by atoms with Crippen LogP contribution in [0.25, 0.3) is 0 Å². The summed E-state index contributed by atoms with van der Waals surface area (Å²) in [7, 11) is 0. The van der Waals surface area contributed by atoms with Crippen molar-refractivity contribution >= 4 is 0 Å². The van der Waals surface area contributed by atoms with Crippen LogP contribution in [0.3, 0.4) is 0 Å². The Morgan fingerprint density at radius 3 is 2.75 bits per heavy atom. The molecule has 0 bridgehead atoms. The van der Waals surface area contributed by atoms with E-state index in [1.807, 2.05) is 26.0 Å². The molecule has 0 aromatic rings. The Balaban J connectivity index is 2.69. The molecular formula is C10H16O2. The molecule has 1 rings (SSSR count). The minimum absolute atomic E-state index is 0.165. The SMILES string of the molecule is CC[C@H](O)C1=CC(O)C(C)C=C1. The van der Waals surface area contributed by atoms with E-state index in [1.54, 1.807) is 6.08 Å². The average molecular weight is 168 g/mol. The summed E-state index contributed by atoms with van der Waals surface area (Å²) in [5, 5.41) is 18.9. The van der Waals surface area contributed by atoms with Gasteiger partial charge in [-0.1, -0.05) is 26.0 Å². The van der Waals surface area contributed by atoms with Crippen molar-refractivity contribution in [2.45, 2.75) is 32.5 Å². The summed E-state index contributed by atoms with van der Waals surface area (Å²) in [5.74, 6) is 0.165. The Morgan fingerprint density at radius 2 is 2.25 bits per heavy atom. The van der Waals surface area contributed by atoms with E-state index in [0.29, 0.717) is 6.42 Å². The molecule has 0 aliphatic heterocycles. The molecule has 0 aromatic heterocycles. The highest BCUT2D eigenvalue weighted by Gasteiger charge is 2.16. The van der Waals surface area contributed by atoms with Crippen LogP contribution in [0.5, 0.6) is 0 Å². The lowest BCUT2D eigenvalue weighted by Gasteiger charge is -2.20. The van der Waals surface area contributed by atoms with Gasteiger partial charge in [-0.3, -0.25) is 0 Å². The monoisotopic (exact) mass is 168 g/mol. The van der Waals surface area contributed by atoms with E-state index in [1.165, 1.54) is 0 Å². The third-order valence-corrected chi connectivity index (χ3v) is 2.27. The van der Waals surface area contributed by atoms with Crippen LogP contribution in [-0.2, 0) is 0 Å². The van der Waals surface area contributed by atoms with Crippen LogP contribution in [0.2, 0.25) is 0 Å². The van der Waals surface area contributed by atoms with Gasteiger partial charge in [-0.25, -0.2) is 0 Å². The zero-order valence-electron chi connectivity index (χ0n) is 7.57. The Hall–Kier alpha value is -0.600. The number of rotatable bonds is 2. The molecule has 12 heavy (non-hydrogen) atoms. The number of hydrogen-bond acceptors (Lipinski definition) is 2. The van der Waals surface area contributed by atoms with E-state index in [9.17, 15) is 10.2 Å². The molecule has 0 saturated carbocycles. The zero-order chi connectivity index (χ0) is 9.14.